The molecule has 0 aliphatic rings. The van der Waals surface area contributed by atoms with E-state index < -0.39 is 0 Å². The minimum Gasteiger partial charge on any atom is -0.311 e. The molecule has 0 fully saturated rings. The normalized spacial score (nSPS) is 11.3. The van der Waals surface area contributed by atoms with Gasteiger partial charge >= 0.3 is 0 Å². The minimum atomic E-state index is 1.08. The van der Waals surface area contributed by atoms with Gasteiger partial charge in [-0.3, -0.25) is 0 Å². The van der Waals surface area contributed by atoms with Crippen molar-refractivity contribution in [3.05, 3.63) is 267 Å². The van der Waals surface area contributed by atoms with Crippen LogP contribution in [0.5, 0.6) is 0 Å². The number of hydrogen-bond acceptors (Lipinski definition) is 1. The Kier molecular flexibility index (Phi) is 9.89. The fourth-order valence-electron chi connectivity index (χ4n) is 9.87. The van der Waals surface area contributed by atoms with Gasteiger partial charge in [-0.2, -0.15) is 0 Å². The molecule has 1 aromatic heterocycles. The number of anilines is 3. The van der Waals surface area contributed by atoms with Gasteiger partial charge in [0.05, 0.1) is 11.0 Å². The van der Waals surface area contributed by atoms with Crippen LogP contribution in [0.15, 0.2) is 267 Å². The summed E-state index contributed by atoms with van der Waals surface area (Å²) in [5.74, 6) is 0. The molecule has 0 unspecified atom stereocenters. The van der Waals surface area contributed by atoms with E-state index in [1.165, 1.54) is 82.6 Å². The first kappa shape index (κ1) is 38.9. The molecule has 0 spiro atoms. The van der Waals surface area contributed by atoms with Crippen molar-refractivity contribution < 1.29 is 0 Å². The molecule has 0 N–H and O–H groups in total. The van der Waals surface area contributed by atoms with Gasteiger partial charge in [0.25, 0.3) is 0 Å². The van der Waals surface area contributed by atoms with Crippen molar-refractivity contribution in [1.82, 2.24) is 4.57 Å². The maximum absolute atomic E-state index is 2.38. The van der Waals surface area contributed by atoms with Crippen LogP contribution in [0.3, 0.4) is 0 Å². The average molecular weight is 841 g/mol. The summed E-state index contributed by atoms with van der Waals surface area (Å²) in [6, 6.07) is 96.9. The molecule has 12 rings (SSSR count). The van der Waals surface area contributed by atoms with E-state index in [9.17, 15) is 0 Å². The quantitative estimate of drug-likeness (QED) is 0.141. The maximum Gasteiger partial charge on any atom is 0.0541 e. The Morgan fingerprint density at radius 2 is 0.682 bits per heavy atom. The largest absolute Gasteiger partial charge is 0.311 e. The first-order chi connectivity index (χ1) is 32.7. The van der Waals surface area contributed by atoms with E-state index in [-0.39, 0.29) is 0 Å². The highest BCUT2D eigenvalue weighted by atomic mass is 15.1. The van der Waals surface area contributed by atoms with Crippen LogP contribution in [0.2, 0.25) is 0 Å². The standard InChI is InChI=1S/C64H44N2/c1-3-17-47(18-4-1)56-22-9-10-25-61(56)64-57(48-19-5-2-6-20-48)26-15-27-58(64)49-34-38-53(39-35-49)65(52-36-32-46(33-37-52)51-31-30-45-16-7-8-21-50(45)44-51)54-40-42-55(43-41-54)66-62-28-13-11-23-59(62)60-24-12-14-29-63(60)66/h1-44H. The lowest BCUT2D eigenvalue weighted by Gasteiger charge is -2.26. The highest BCUT2D eigenvalue weighted by Crippen LogP contribution is 2.45. The number of benzene rings is 11. The van der Waals surface area contributed by atoms with Crippen LogP contribution >= 0.6 is 0 Å². The zero-order valence-corrected chi connectivity index (χ0v) is 36.3. The average Bonchev–Trinajstić information content (AvgIpc) is 3.74. The predicted molar refractivity (Wildman–Crippen MR) is 280 cm³/mol. The van der Waals surface area contributed by atoms with E-state index in [1.807, 2.05) is 0 Å². The van der Waals surface area contributed by atoms with E-state index in [2.05, 4.69) is 276 Å². The molecule has 12 aromatic rings. The molecule has 0 saturated carbocycles. The highest BCUT2D eigenvalue weighted by molar-refractivity contribution is 6.09. The van der Waals surface area contributed by atoms with Crippen molar-refractivity contribution in [2.24, 2.45) is 0 Å². The Morgan fingerprint density at radius 1 is 0.258 bits per heavy atom. The van der Waals surface area contributed by atoms with E-state index in [0.29, 0.717) is 0 Å². The van der Waals surface area contributed by atoms with Crippen molar-refractivity contribution in [1.29, 1.82) is 0 Å². The Labute approximate surface area is 385 Å². The van der Waals surface area contributed by atoms with Crippen LogP contribution in [0, 0.1) is 0 Å². The molecule has 0 bridgehead atoms. The number of rotatable bonds is 9. The number of nitrogens with zero attached hydrogens (tertiary/aromatic N) is 2. The van der Waals surface area contributed by atoms with E-state index in [1.54, 1.807) is 0 Å². The fourth-order valence-corrected chi connectivity index (χ4v) is 9.87. The Balaban J connectivity index is 0.979. The first-order valence-corrected chi connectivity index (χ1v) is 22.7. The summed E-state index contributed by atoms with van der Waals surface area (Å²) in [5, 5.41) is 5.00. The van der Waals surface area contributed by atoms with Crippen LogP contribution in [0.4, 0.5) is 17.1 Å². The lowest BCUT2D eigenvalue weighted by Crippen LogP contribution is -2.10. The van der Waals surface area contributed by atoms with Crippen LogP contribution < -0.4 is 4.90 Å². The molecular weight excluding hydrogens is 797 g/mol. The van der Waals surface area contributed by atoms with Gasteiger partial charge in [0, 0.05) is 33.5 Å². The molecule has 310 valence electrons. The summed E-state index contributed by atoms with van der Waals surface area (Å²) in [6.07, 6.45) is 0. The summed E-state index contributed by atoms with van der Waals surface area (Å²) in [4.78, 5) is 2.37. The second-order valence-corrected chi connectivity index (χ2v) is 16.9. The van der Waals surface area contributed by atoms with Gasteiger partial charge in [-0.25, -0.2) is 0 Å². The summed E-state index contributed by atoms with van der Waals surface area (Å²) in [6.45, 7) is 0. The molecule has 0 saturated heterocycles. The second kappa shape index (κ2) is 16.8. The van der Waals surface area contributed by atoms with Crippen LogP contribution in [0.1, 0.15) is 0 Å². The van der Waals surface area contributed by atoms with Crippen LogP contribution in [0.25, 0.3) is 93.9 Å². The van der Waals surface area contributed by atoms with Gasteiger partial charge in [-0.1, -0.05) is 200 Å². The van der Waals surface area contributed by atoms with Crippen molar-refractivity contribution in [2.75, 3.05) is 4.90 Å². The molecule has 0 amide bonds. The monoisotopic (exact) mass is 840 g/mol. The van der Waals surface area contributed by atoms with Crippen molar-refractivity contribution >= 4 is 49.6 Å². The number of aromatic nitrogens is 1. The summed E-state index contributed by atoms with van der Waals surface area (Å²) >= 11 is 0. The van der Waals surface area contributed by atoms with Gasteiger partial charge in [0.2, 0.25) is 0 Å². The number of fused-ring (bicyclic) bond motifs is 4. The van der Waals surface area contributed by atoms with Gasteiger partial charge in [-0.15, -0.1) is 0 Å². The first-order valence-electron chi connectivity index (χ1n) is 22.7. The molecule has 0 atom stereocenters. The number of para-hydroxylation sites is 2. The van der Waals surface area contributed by atoms with Gasteiger partial charge < -0.3 is 9.47 Å². The second-order valence-electron chi connectivity index (χ2n) is 16.9. The van der Waals surface area contributed by atoms with Crippen molar-refractivity contribution in [3.63, 3.8) is 0 Å². The van der Waals surface area contributed by atoms with Gasteiger partial charge in [0.1, 0.15) is 0 Å². The van der Waals surface area contributed by atoms with Crippen molar-refractivity contribution in [3.8, 4) is 61.3 Å². The van der Waals surface area contributed by atoms with E-state index in [0.717, 1.165) is 28.3 Å². The summed E-state index contributed by atoms with van der Waals surface area (Å²) in [7, 11) is 0. The fraction of sp³-hybridized carbons (Fsp3) is 0. The van der Waals surface area contributed by atoms with E-state index in [4.69, 9.17) is 0 Å². The Hall–Kier alpha value is -8.72. The SMILES string of the molecule is c1ccc(-c2ccccc2-c2c(-c3ccccc3)cccc2-c2ccc(N(c3ccc(-c4ccc5ccccc5c4)cc3)c3ccc(-n4c5ccccc5c5ccccc54)cc3)cc2)cc1. The Bertz CT molecular complexity index is 3610. The zero-order valence-electron chi connectivity index (χ0n) is 36.3. The molecule has 0 aliphatic carbocycles. The lowest BCUT2D eigenvalue weighted by molar-refractivity contribution is 1.17. The smallest absolute Gasteiger partial charge is 0.0541 e. The Morgan fingerprint density at radius 3 is 1.29 bits per heavy atom. The highest BCUT2D eigenvalue weighted by Gasteiger charge is 2.20. The van der Waals surface area contributed by atoms with E-state index >= 15 is 0 Å². The van der Waals surface area contributed by atoms with Crippen molar-refractivity contribution in [2.45, 2.75) is 0 Å². The van der Waals surface area contributed by atoms with Gasteiger partial charge in [-0.05, 0) is 133 Å². The predicted octanol–water partition coefficient (Wildman–Crippen LogP) is 17.7. The molecule has 2 heteroatoms. The molecule has 1 heterocycles. The summed E-state index contributed by atoms with van der Waals surface area (Å²) < 4.78 is 2.38. The number of hydrogen-bond donors (Lipinski definition) is 0. The topological polar surface area (TPSA) is 8.17 Å². The molecule has 66 heavy (non-hydrogen) atoms. The van der Waals surface area contributed by atoms with Crippen LogP contribution in [-0.2, 0) is 0 Å². The third kappa shape index (κ3) is 7.02. The van der Waals surface area contributed by atoms with Gasteiger partial charge in [0.15, 0.2) is 0 Å². The molecule has 0 radical (unpaired) electrons. The molecule has 2 nitrogen and oxygen atoms in total. The molecule has 11 aromatic carbocycles. The van der Waals surface area contributed by atoms with Crippen LogP contribution in [-0.4, -0.2) is 4.57 Å². The third-order valence-corrected chi connectivity index (χ3v) is 13.0. The third-order valence-electron chi connectivity index (χ3n) is 13.0. The maximum atomic E-state index is 2.38. The summed E-state index contributed by atoms with van der Waals surface area (Å²) in [5.41, 5.74) is 18.7. The molecule has 0 aliphatic heterocycles. The molecular formula is C64H44N2. The zero-order chi connectivity index (χ0) is 43.8. The minimum absolute atomic E-state index is 1.08. The lowest BCUT2D eigenvalue weighted by atomic mass is 9.84.